The molecule has 5 rings (SSSR count). The van der Waals surface area contributed by atoms with Crippen LogP contribution in [0.1, 0.15) is 37.1 Å². The molecule has 1 unspecified atom stereocenters. The average molecular weight is 479 g/mol. The second-order valence-corrected chi connectivity index (χ2v) is 9.99. The number of carbonyl (C=O) groups excluding carboxylic acids is 1. The van der Waals surface area contributed by atoms with Crippen LogP contribution in [0.15, 0.2) is 59.1 Å². The molecule has 0 aliphatic carbocycles. The summed E-state index contributed by atoms with van der Waals surface area (Å²) in [5, 5.41) is 4.79. The molecule has 2 aromatic carbocycles. The lowest BCUT2D eigenvalue weighted by Gasteiger charge is -2.37. The molecule has 1 amide bonds. The van der Waals surface area contributed by atoms with Gasteiger partial charge in [-0.2, -0.15) is 4.98 Å². The Morgan fingerprint density at radius 2 is 1.76 bits per heavy atom. The first kappa shape index (κ1) is 23.1. The van der Waals surface area contributed by atoms with Crippen molar-refractivity contribution in [2.75, 3.05) is 26.2 Å². The van der Waals surface area contributed by atoms with E-state index in [1.54, 1.807) is 0 Å². The van der Waals surface area contributed by atoms with Gasteiger partial charge in [0.05, 0.1) is 12.5 Å². The lowest BCUT2D eigenvalue weighted by atomic mass is 9.89. The smallest absolute Gasteiger partial charge is 0.241 e. The summed E-state index contributed by atoms with van der Waals surface area (Å²) in [6, 6.07) is 18.1. The number of carbonyl (C=O) groups is 1. The monoisotopic (exact) mass is 478 g/mol. The average Bonchev–Trinajstić information content (AvgIpc) is 3.34. The SMILES string of the molecule is O=C(C1CCCN(Cc2nc(-c3ccc(Cl)cc3)no2)C1)N1CCC(Cc2ccccc2)CC1. The van der Waals surface area contributed by atoms with Crippen molar-refractivity contribution in [3.63, 3.8) is 0 Å². The summed E-state index contributed by atoms with van der Waals surface area (Å²) in [6.07, 6.45) is 5.26. The number of likely N-dealkylation sites (tertiary alicyclic amines) is 2. The van der Waals surface area contributed by atoms with Crippen LogP contribution in [0.5, 0.6) is 0 Å². The number of nitrogens with zero attached hydrogens (tertiary/aromatic N) is 4. The molecule has 0 bridgehead atoms. The predicted molar refractivity (Wildman–Crippen MR) is 132 cm³/mol. The van der Waals surface area contributed by atoms with Crippen molar-refractivity contribution in [1.82, 2.24) is 19.9 Å². The van der Waals surface area contributed by atoms with E-state index in [9.17, 15) is 4.79 Å². The largest absolute Gasteiger partial charge is 0.342 e. The summed E-state index contributed by atoms with van der Waals surface area (Å²) in [7, 11) is 0. The van der Waals surface area contributed by atoms with E-state index in [1.165, 1.54) is 5.56 Å². The number of halogens is 1. The number of benzene rings is 2. The molecule has 0 spiro atoms. The number of aromatic nitrogens is 2. The van der Waals surface area contributed by atoms with E-state index in [2.05, 4.69) is 50.3 Å². The first-order valence-electron chi connectivity index (χ1n) is 12.3. The van der Waals surface area contributed by atoms with Crippen LogP contribution >= 0.6 is 11.6 Å². The van der Waals surface area contributed by atoms with Gasteiger partial charge in [0.25, 0.3) is 0 Å². The maximum absolute atomic E-state index is 13.3. The van der Waals surface area contributed by atoms with Crippen LogP contribution in [0.3, 0.4) is 0 Å². The molecule has 34 heavy (non-hydrogen) atoms. The summed E-state index contributed by atoms with van der Waals surface area (Å²) in [4.78, 5) is 22.2. The van der Waals surface area contributed by atoms with Gasteiger partial charge < -0.3 is 9.42 Å². The third kappa shape index (κ3) is 5.68. The first-order chi connectivity index (χ1) is 16.6. The molecule has 2 aliphatic heterocycles. The topological polar surface area (TPSA) is 62.5 Å². The molecule has 2 fully saturated rings. The lowest BCUT2D eigenvalue weighted by molar-refractivity contribution is -0.138. The molecule has 178 valence electrons. The van der Waals surface area contributed by atoms with Crippen LogP contribution in [0.2, 0.25) is 5.02 Å². The van der Waals surface area contributed by atoms with Gasteiger partial charge >= 0.3 is 0 Å². The highest BCUT2D eigenvalue weighted by Gasteiger charge is 2.32. The maximum atomic E-state index is 13.3. The molecule has 2 saturated heterocycles. The zero-order valence-electron chi connectivity index (χ0n) is 19.4. The van der Waals surface area contributed by atoms with E-state index >= 15 is 0 Å². The summed E-state index contributed by atoms with van der Waals surface area (Å²) >= 11 is 5.97. The third-order valence-corrected chi connectivity index (χ3v) is 7.33. The maximum Gasteiger partial charge on any atom is 0.241 e. The van der Waals surface area contributed by atoms with Gasteiger partial charge in [0.2, 0.25) is 17.6 Å². The predicted octanol–water partition coefficient (Wildman–Crippen LogP) is 5.08. The molecule has 0 radical (unpaired) electrons. The van der Waals surface area contributed by atoms with E-state index in [0.717, 1.165) is 63.8 Å². The number of hydrogen-bond donors (Lipinski definition) is 0. The summed E-state index contributed by atoms with van der Waals surface area (Å²) in [6.45, 7) is 4.02. The van der Waals surface area contributed by atoms with Crippen molar-refractivity contribution in [3.05, 3.63) is 71.1 Å². The standard InChI is InChI=1S/C27H31ClN4O2/c28-24-10-8-22(9-11-24)26-29-25(34-30-26)19-31-14-4-7-23(18-31)27(33)32-15-12-21(13-16-32)17-20-5-2-1-3-6-20/h1-3,5-6,8-11,21,23H,4,7,12-19H2. The molecule has 2 aliphatic rings. The minimum atomic E-state index is 0.0538. The van der Waals surface area contributed by atoms with Crippen LogP contribution in [0.25, 0.3) is 11.4 Å². The Labute approximate surface area is 205 Å². The van der Waals surface area contributed by atoms with Gasteiger partial charge in [0, 0.05) is 30.2 Å². The van der Waals surface area contributed by atoms with Crippen molar-refractivity contribution in [1.29, 1.82) is 0 Å². The Morgan fingerprint density at radius 1 is 1.00 bits per heavy atom. The highest BCUT2D eigenvalue weighted by molar-refractivity contribution is 6.30. The van der Waals surface area contributed by atoms with Crippen molar-refractivity contribution >= 4 is 17.5 Å². The first-order valence-corrected chi connectivity index (χ1v) is 12.7. The van der Waals surface area contributed by atoms with E-state index in [1.807, 2.05) is 24.3 Å². The fraction of sp³-hybridized carbons (Fsp3) is 0.444. The molecule has 1 atom stereocenters. The number of hydrogen-bond acceptors (Lipinski definition) is 5. The van der Waals surface area contributed by atoms with Crippen molar-refractivity contribution < 1.29 is 9.32 Å². The minimum absolute atomic E-state index is 0.0538. The molecule has 6 nitrogen and oxygen atoms in total. The Morgan fingerprint density at radius 3 is 2.53 bits per heavy atom. The molecule has 7 heteroatoms. The molecular formula is C27H31ClN4O2. The van der Waals surface area contributed by atoms with E-state index in [-0.39, 0.29) is 5.92 Å². The summed E-state index contributed by atoms with van der Waals surface area (Å²) in [5.74, 6) is 2.18. The van der Waals surface area contributed by atoms with Crippen molar-refractivity contribution in [2.45, 2.75) is 38.6 Å². The Hall–Kier alpha value is -2.70. The molecule has 1 aromatic heterocycles. The Bertz CT molecular complexity index is 1080. The fourth-order valence-corrected chi connectivity index (χ4v) is 5.32. The highest BCUT2D eigenvalue weighted by Crippen LogP contribution is 2.26. The van der Waals surface area contributed by atoms with Crippen LogP contribution in [-0.2, 0) is 17.8 Å². The van der Waals surface area contributed by atoms with E-state index < -0.39 is 0 Å². The summed E-state index contributed by atoms with van der Waals surface area (Å²) < 4.78 is 5.49. The van der Waals surface area contributed by atoms with Gasteiger partial charge in [-0.05, 0) is 74.4 Å². The number of rotatable bonds is 6. The third-order valence-electron chi connectivity index (χ3n) is 7.08. The second kappa shape index (κ2) is 10.7. The van der Waals surface area contributed by atoms with Gasteiger partial charge in [-0.15, -0.1) is 0 Å². The van der Waals surface area contributed by atoms with Crippen LogP contribution in [0, 0.1) is 11.8 Å². The fourth-order valence-electron chi connectivity index (χ4n) is 5.19. The molecule has 3 heterocycles. The quantitative estimate of drug-likeness (QED) is 0.494. The van der Waals surface area contributed by atoms with Gasteiger partial charge in [0.1, 0.15) is 0 Å². The summed E-state index contributed by atoms with van der Waals surface area (Å²) in [5.41, 5.74) is 2.28. The molecular weight excluding hydrogens is 448 g/mol. The van der Waals surface area contributed by atoms with Crippen LogP contribution in [-0.4, -0.2) is 52.0 Å². The lowest BCUT2D eigenvalue weighted by Crippen LogP contribution is -2.47. The van der Waals surface area contributed by atoms with Gasteiger partial charge in [-0.1, -0.05) is 47.1 Å². The Kier molecular flexibility index (Phi) is 7.26. The van der Waals surface area contributed by atoms with Gasteiger partial charge in [-0.3, -0.25) is 9.69 Å². The second-order valence-electron chi connectivity index (χ2n) is 9.55. The normalized spacial score (nSPS) is 19.9. The van der Waals surface area contributed by atoms with Crippen LogP contribution < -0.4 is 0 Å². The molecule has 3 aromatic rings. The zero-order chi connectivity index (χ0) is 23.3. The van der Waals surface area contributed by atoms with Crippen molar-refractivity contribution in [3.8, 4) is 11.4 Å². The van der Waals surface area contributed by atoms with Crippen LogP contribution in [0.4, 0.5) is 0 Å². The van der Waals surface area contributed by atoms with E-state index in [4.69, 9.17) is 16.1 Å². The number of piperidine rings is 2. The highest BCUT2D eigenvalue weighted by atomic mass is 35.5. The molecule has 0 saturated carbocycles. The molecule has 0 N–H and O–H groups in total. The Balaban J connectivity index is 1.12. The number of amides is 1. The van der Waals surface area contributed by atoms with Gasteiger partial charge in [0.15, 0.2) is 0 Å². The van der Waals surface area contributed by atoms with Gasteiger partial charge in [-0.25, -0.2) is 0 Å². The van der Waals surface area contributed by atoms with E-state index in [0.29, 0.717) is 35.1 Å². The minimum Gasteiger partial charge on any atom is -0.342 e. The zero-order valence-corrected chi connectivity index (χ0v) is 20.2. The van der Waals surface area contributed by atoms with Crippen molar-refractivity contribution in [2.24, 2.45) is 11.8 Å².